The van der Waals surface area contributed by atoms with E-state index in [2.05, 4.69) is 5.32 Å². The first kappa shape index (κ1) is 11.9. The molecule has 14 heavy (non-hydrogen) atoms. The van der Waals surface area contributed by atoms with Crippen molar-refractivity contribution in [3.05, 3.63) is 0 Å². The van der Waals surface area contributed by atoms with Gasteiger partial charge in [0, 0.05) is 24.3 Å². The van der Waals surface area contributed by atoms with E-state index in [0.717, 1.165) is 19.5 Å². The Labute approximate surface area is 85.6 Å². The molecule has 1 atom stereocenters. The predicted molar refractivity (Wildman–Crippen MR) is 56.0 cm³/mol. The first-order valence-corrected chi connectivity index (χ1v) is 6.88. The van der Waals surface area contributed by atoms with Crippen LogP contribution in [0, 0.1) is 5.41 Å². The standard InChI is InChI=1S/C9H19NO3S/c1-2-14(12,13)6-4-9(8-11)3-5-10-7-9/h10-11H,2-8H2,1H3. The van der Waals surface area contributed by atoms with Crippen LogP contribution in [0.4, 0.5) is 0 Å². The van der Waals surface area contributed by atoms with Gasteiger partial charge in [0.05, 0.1) is 5.75 Å². The molecular weight excluding hydrogens is 202 g/mol. The van der Waals surface area contributed by atoms with Gasteiger partial charge in [0.2, 0.25) is 0 Å². The van der Waals surface area contributed by atoms with Crippen molar-refractivity contribution < 1.29 is 13.5 Å². The molecule has 0 saturated carbocycles. The maximum absolute atomic E-state index is 11.3. The third-order valence-electron chi connectivity index (χ3n) is 3.05. The van der Waals surface area contributed by atoms with Crippen molar-refractivity contribution in [2.45, 2.75) is 19.8 Å². The largest absolute Gasteiger partial charge is 0.396 e. The molecule has 0 spiro atoms. The van der Waals surface area contributed by atoms with Gasteiger partial charge >= 0.3 is 0 Å². The lowest BCUT2D eigenvalue weighted by Crippen LogP contribution is -2.31. The number of aliphatic hydroxyl groups is 1. The summed E-state index contributed by atoms with van der Waals surface area (Å²) in [5.74, 6) is 0.397. The molecule has 1 saturated heterocycles. The Morgan fingerprint density at radius 2 is 2.21 bits per heavy atom. The molecule has 0 aliphatic carbocycles. The van der Waals surface area contributed by atoms with Crippen LogP contribution in [0.15, 0.2) is 0 Å². The van der Waals surface area contributed by atoms with Crippen molar-refractivity contribution >= 4 is 9.84 Å². The highest BCUT2D eigenvalue weighted by Gasteiger charge is 2.33. The summed E-state index contributed by atoms with van der Waals surface area (Å²) in [4.78, 5) is 0. The fourth-order valence-electron chi connectivity index (χ4n) is 1.74. The quantitative estimate of drug-likeness (QED) is 0.674. The molecule has 1 unspecified atom stereocenters. The third-order valence-corrected chi connectivity index (χ3v) is 4.76. The molecule has 0 amide bonds. The lowest BCUT2D eigenvalue weighted by molar-refractivity contribution is 0.139. The summed E-state index contributed by atoms with van der Waals surface area (Å²) in [6.07, 6.45) is 1.45. The minimum atomic E-state index is -2.89. The Balaban J connectivity index is 2.50. The first-order chi connectivity index (χ1) is 6.54. The number of rotatable bonds is 5. The van der Waals surface area contributed by atoms with Crippen molar-refractivity contribution in [2.75, 3.05) is 31.2 Å². The van der Waals surface area contributed by atoms with Gasteiger partial charge in [0.15, 0.2) is 0 Å². The number of nitrogens with one attached hydrogen (secondary N) is 1. The van der Waals surface area contributed by atoms with Crippen LogP contribution in [0.1, 0.15) is 19.8 Å². The van der Waals surface area contributed by atoms with Crippen molar-refractivity contribution in [3.63, 3.8) is 0 Å². The van der Waals surface area contributed by atoms with Crippen molar-refractivity contribution in [1.29, 1.82) is 0 Å². The zero-order valence-electron chi connectivity index (χ0n) is 8.62. The van der Waals surface area contributed by atoms with Crippen LogP contribution in [0.2, 0.25) is 0 Å². The molecule has 84 valence electrons. The molecule has 0 radical (unpaired) electrons. The van der Waals surface area contributed by atoms with Crippen molar-refractivity contribution in [2.24, 2.45) is 5.41 Å². The summed E-state index contributed by atoms with van der Waals surface area (Å²) in [6.45, 7) is 3.36. The molecule has 1 aliphatic rings. The SMILES string of the molecule is CCS(=O)(=O)CCC1(CO)CCNC1. The van der Waals surface area contributed by atoms with Gasteiger partial charge in [-0.15, -0.1) is 0 Å². The van der Waals surface area contributed by atoms with Crippen LogP contribution in [0.5, 0.6) is 0 Å². The predicted octanol–water partition coefficient (Wildman–Crippen LogP) is -0.217. The van der Waals surface area contributed by atoms with Crippen LogP contribution in [-0.4, -0.2) is 44.7 Å². The highest BCUT2D eigenvalue weighted by molar-refractivity contribution is 7.91. The zero-order valence-corrected chi connectivity index (χ0v) is 9.44. The van der Waals surface area contributed by atoms with Crippen LogP contribution < -0.4 is 5.32 Å². The lowest BCUT2D eigenvalue weighted by atomic mass is 9.85. The number of hydrogen-bond donors (Lipinski definition) is 2. The summed E-state index contributed by atoms with van der Waals surface area (Å²) in [7, 11) is -2.89. The Hall–Kier alpha value is -0.130. The first-order valence-electron chi connectivity index (χ1n) is 5.06. The molecule has 0 aromatic carbocycles. The van der Waals surface area contributed by atoms with E-state index in [0.29, 0.717) is 6.42 Å². The van der Waals surface area contributed by atoms with Crippen LogP contribution in [0.25, 0.3) is 0 Å². The molecule has 1 rings (SSSR count). The second-order valence-electron chi connectivity index (χ2n) is 4.07. The van der Waals surface area contributed by atoms with Gasteiger partial charge in [-0.2, -0.15) is 0 Å². The van der Waals surface area contributed by atoms with Crippen LogP contribution in [-0.2, 0) is 9.84 Å². The van der Waals surface area contributed by atoms with Gasteiger partial charge in [-0.3, -0.25) is 0 Å². The average Bonchev–Trinajstić information content (AvgIpc) is 2.65. The summed E-state index contributed by atoms with van der Waals surface area (Å²) in [6, 6.07) is 0. The summed E-state index contributed by atoms with van der Waals surface area (Å²) in [5.41, 5.74) is -0.192. The van der Waals surface area contributed by atoms with Gasteiger partial charge < -0.3 is 10.4 Å². The Morgan fingerprint density at radius 3 is 2.64 bits per heavy atom. The lowest BCUT2D eigenvalue weighted by Gasteiger charge is -2.24. The van der Waals surface area contributed by atoms with Crippen LogP contribution >= 0.6 is 0 Å². The van der Waals surface area contributed by atoms with Crippen molar-refractivity contribution in [3.8, 4) is 0 Å². The molecule has 1 heterocycles. The van der Waals surface area contributed by atoms with Gasteiger partial charge in [0.1, 0.15) is 9.84 Å². The fraction of sp³-hybridized carbons (Fsp3) is 1.00. The second kappa shape index (κ2) is 4.59. The van der Waals surface area contributed by atoms with E-state index in [1.54, 1.807) is 6.92 Å². The molecule has 4 nitrogen and oxygen atoms in total. The normalized spacial score (nSPS) is 28.1. The number of hydrogen-bond acceptors (Lipinski definition) is 4. The smallest absolute Gasteiger partial charge is 0.150 e. The minimum Gasteiger partial charge on any atom is -0.396 e. The molecule has 1 fully saturated rings. The number of sulfone groups is 1. The molecule has 1 aliphatic heterocycles. The van der Waals surface area contributed by atoms with E-state index in [-0.39, 0.29) is 23.5 Å². The Kier molecular flexibility index (Phi) is 3.92. The highest BCUT2D eigenvalue weighted by Crippen LogP contribution is 2.29. The second-order valence-corrected chi connectivity index (χ2v) is 6.54. The minimum absolute atomic E-state index is 0.0826. The monoisotopic (exact) mass is 221 g/mol. The van der Waals surface area contributed by atoms with Crippen LogP contribution in [0.3, 0.4) is 0 Å². The van der Waals surface area contributed by atoms with Gasteiger partial charge in [-0.05, 0) is 19.4 Å². The van der Waals surface area contributed by atoms with Gasteiger partial charge in [-0.25, -0.2) is 8.42 Å². The van der Waals surface area contributed by atoms with E-state index in [9.17, 15) is 13.5 Å². The molecule has 5 heteroatoms. The fourth-order valence-corrected chi connectivity index (χ4v) is 2.77. The molecular formula is C9H19NO3S. The molecule has 0 bridgehead atoms. The van der Waals surface area contributed by atoms with Crippen molar-refractivity contribution in [1.82, 2.24) is 5.32 Å². The molecule has 0 aromatic rings. The van der Waals surface area contributed by atoms with E-state index >= 15 is 0 Å². The van der Waals surface area contributed by atoms with E-state index in [1.165, 1.54) is 0 Å². The maximum Gasteiger partial charge on any atom is 0.150 e. The summed E-state index contributed by atoms with van der Waals surface area (Å²) < 4.78 is 22.6. The number of aliphatic hydroxyl groups excluding tert-OH is 1. The topological polar surface area (TPSA) is 66.4 Å². The average molecular weight is 221 g/mol. The highest BCUT2D eigenvalue weighted by atomic mass is 32.2. The van der Waals surface area contributed by atoms with Gasteiger partial charge in [-0.1, -0.05) is 6.92 Å². The summed E-state index contributed by atoms with van der Waals surface area (Å²) >= 11 is 0. The zero-order chi connectivity index (χ0) is 10.7. The Bertz CT molecular complexity index is 268. The molecule has 0 aromatic heterocycles. The van der Waals surface area contributed by atoms with E-state index in [1.807, 2.05) is 0 Å². The maximum atomic E-state index is 11.3. The molecule has 2 N–H and O–H groups in total. The van der Waals surface area contributed by atoms with E-state index in [4.69, 9.17) is 0 Å². The summed E-state index contributed by atoms with van der Waals surface area (Å²) in [5, 5.41) is 12.4. The van der Waals surface area contributed by atoms with E-state index < -0.39 is 9.84 Å². The third kappa shape index (κ3) is 2.93. The van der Waals surface area contributed by atoms with Gasteiger partial charge in [0.25, 0.3) is 0 Å². The Morgan fingerprint density at radius 1 is 1.50 bits per heavy atom.